The van der Waals surface area contributed by atoms with Gasteiger partial charge in [-0.15, -0.1) is 0 Å². The second-order valence-electron chi connectivity index (χ2n) is 7.24. The molecule has 0 aromatic heterocycles. The van der Waals surface area contributed by atoms with Crippen LogP contribution >= 0.6 is 0 Å². The zero-order valence-electron chi connectivity index (χ0n) is 16.6. The fraction of sp³-hybridized carbons (Fsp3) is 0.208. The van der Waals surface area contributed by atoms with Crippen LogP contribution in [0.1, 0.15) is 46.8 Å². The highest BCUT2D eigenvalue weighted by atomic mass is 16.5. The summed E-state index contributed by atoms with van der Waals surface area (Å²) in [5.74, 6) is 1.75. The van der Waals surface area contributed by atoms with Crippen molar-refractivity contribution in [1.82, 2.24) is 0 Å². The van der Waals surface area contributed by atoms with Gasteiger partial charge in [-0.2, -0.15) is 0 Å². The van der Waals surface area contributed by atoms with Crippen LogP contribution in [0, 0.1) is 13.8 Å². The summed E-state index contributed by atoms with van der Waals surface area (Å²) in [6, 6.07) is 18.2. The highest BCUT2D eigenvalue weighted by Crippen LogP contribution is 2.35. The molecule has 0 saturated heterocycles. The van der Waals surface area contributed by atoms with Gasteiger partial charge in [0.1, 0.15) is 17.2 Å². The van der Waals surface area contributed by atoms with Crippen molar-refractivity contribution >= 4 is 11.6 Å². The van der Waals surface area contributed by atoms with Crippen molar-refractivity contribution in [3.8, 4) is 17.2 Å². The summed E-state index contributed by atoms with van der Waals surface area (Å²) in [4.78, 5) is 12.4. The van der Waals surface area contributed by atoms with Gasteiger partial charge in [0, 0.05) is 16.8 Å². The number of anilines is 1. The van der Waals surface area contributed by atoms with E-state index in [4.69, 9.17) is 4.74 Å². The lowest BCUT2D eigenvalue weighted by Crippen LogP contribution is -2.12. The van der Waals surface area contributed by atoms with Crippen molar-refractivity contribution in [1.29, 1.82) is 0 Å². The number of hydrogen-bond donors (Lipinski definition) is 2. The summed E-state index contributed by atoms with van der Waals surface area (Å²) in [6.45, 7) is 7.95. The van der Waals surface area contributed by atoms with E-state index in [1.807, 2.05) is 64.1 Å². The van der Waals surface area contributed by atoms with Crippen molar-refractivity contribution < 1.29 is 14.6 Å². The molecule has 144 valence electrons. The number of aryl methyl sites for hydroxylation is 2. The molecule has 0 aliphatic heterocycles. The Bertz CT molecular complexity index is 971. The number of hydrogen-bond acceptors (Lipinski definition) is 3. The molecule has 4 heteroatoms. The molecule has 3 aromatic carbocycles. The Morgan fingerprint density at radius 3 is 2.21 bits per heavy atom. The van der Waals surface area contributed by atoms with Crippen molar-refractivity contribution in [2.75, 3.05) is 5.32 Å². The van der Waals surface area contributed by atoms with Crippen LogP contribution < -0.4 is 10.1 Å². The minimum Gasteiger partial charge on any atom is -0.508 e. The largest absolute Gasteiger partial charge is 0.508 e. The van der Waals surface area contributed by atoms with Crippen molar-refractivity contribution in [2.24, 2.45) is 0 Å². The van der Waals surface area contributed by atoms with Crippen molar-refractivity contribution in [2.45, 2.75) is 33.6 Å². The Morgan fingerprint density at radius 1 is 0.964 bits per heavy atom. The lowest BCUT2D eigenvalue weighted by Gasteiger charge is -2.16. The second-order valence-corrected chi connectivity index (χ2v) is 7.24. The van der Waals surface area contributed by atoms with E-state index < -0.39 is 0 Å². The monoisotopic (exact) mass is 375 g/mol. The average Bonchev–Trinajstić information content (AvgIpc) is 2.66. The minimum absolute atomic E-state index is 0.145. The molecule has 0 atom stereocenters. The third-order valence-electron chi connectivity index (χ3n) is 4.60. The molecule has 4 nitrogen and oxygen atoms in total. The first kappa shape index (κ1) is 19.5. The zero-order chi connectivity index (χ0) is 20.3. The quantitative estimate of drug-likeness (QED) is 0.560. The summed E-state index contributed by atoms with van der Waals surface area (Å²) < 4.78 is 6.11. The van der Waals surface area contributed by atoms with Crippen LogP contribution in [-0.2, 0) is 0 Å². The highest BCUT2D eigenvalue weighted by Gasteiger charge is 2.13. The van der Waals surface area contributed by atoms with Gasteiger partial charge in [-0.05, 0) is 73.4 Å². The summed E-state index contributed by atoms with van der Waals surface area (Å²) >= 11 is 0. The molecule has 0 aliphatic rings. The van der Waals surface area contributed by atoms with Gasteiger partial charge in [0.25, 0.3) is 5.91 Å². The van der Waals surface area contributed by atoms with Crippen LogP contribution in [0.5, 0.6) is 17.2 Å². The van der Waals surface area contributed by atoms with Gasteiger partial charge >= 0.3 is 0 Å². The topological polar surface area (TPSA) is 58.6 Å². The molecular weight excluding hydrogens is 350 g/mol. The number of rotatable bonds is 5. The standard InChI is InChI=1S/C24H25NO3/c1-15(2)21-14-20(10-11-22(21)26)28-23-16(3)12-19(13-17(23)4)25-24(27)18-8-6-5-7-9-18/h5-15,26H,1-4H3,(H,25,27). The number of nitrogens with one attached hydrogen (secondary N) is 1. The van der Waals surface area contributed by atoms with Gasteiger partial charge in [-0.3, -0.25) is 4.79 Å². The van der Waals surface area contributed by atoms with Crippen LogP contribution in [0.15, 0.2) is 60.7 Å². The Morgan fingerprint density at radius 2 is 1.61 bits per heavy atom. The van der Waals surface area contributed by atoms with E-state index in [0.29, 0.717) is 11.3 Å². The average molecular weight is 375 g/mol. The first-order chi connectivity index (χ1) is 13.3. The van der Waals surface area contributed by atoms with Gasteiger partial charge < -0.3 is 15.2 Å². The lowest BCUT2D eigenvalue weighted by atomic mass is 10.0. The molecule has 28 heavy (non-hydrogen) atoms. The van der Waals surface area contributed by atoms with Crippen LogP contribution in [0.25, 0.3) is 0 Å². The summed E-state index contributed by atoms with van der Waals surface area (Å²) in [5, 5.41) is 12.9. The molecule has 0 heterocycles. The van der Waals surface area contributed by atoms with Crippen LogP contribution in [-0.4, -0.2) is 11.0 Å². The van der Waals surface area contributed by atoms with Crippen molar-refractivity contribution in [3.05, 3.63) is 82.9 Å². The summed E-state index contributed by atoms with van der Waals surface area (Å²) in [5.41, 5.74) is 4.03. The third kappa shape index (κ3) is 4.34. The van der Waals surface area contributed by atoms with E-state index >= 15 is 0 Å². The predicted molar refractivity (Wildman–Crippen MR) is 113 cm³/mol. The van der Waals surface area contributed by atoms with Crippen LogP contribution in [0.3, 0.4) is 0 Å². The molecule has 0 fully saturated rings. The number of aromatic hydroxyl groups is 1. The zero-order valence-corrected chi connectivity index (χ0v) is 16.6. The number of carbonyl (C=O) groups is 1. The normalized spacial score (nSPS) is 10.8. The van der Waals surface area contributed by atoms with E-state index in [1.54, 1.807) is 24.3 Å². The summed E-state index contributed by atoms with van der Waals surface area (Å²) in [6.07, 6.45) is 0. The molecule has 0 bridgehead atoms. The summed E-state index contributed by atoms with van der Waals surface area (Å²) in [7, 11) is 0. The minimum atomic E-state index is -0.145. The number of phenolic OH excluding ortho intramolecular Hbond substituents is 1. The molecule has 0 aliphatic carbocycles. The van der Waals surface area contributed by atoms with Gasteiger partial charge in [-0.1, -0.05) is 32.0 Å². The van der Waals surface area contributed by atoms with Gasteiger partial charge in [0.2, 0.25) is 0 Å². The number of ether oxygens (including phenoxy) is 1. The van der Waals surface area contributed by atoms with E-state index in [0.717, 1.165) is 28.1 Å². The fourth-order valence-corrected chi connectivity index (χ4v) is 3.15. The van der Waals surface area contributed by atoms with E-state index in [1.165, 1.54) is 0 Å². The van der Waals surface area contributed by atoms with Gasteiger partial charge in [0.05, 0.1) is 0 Å². The maximum absolute atomic E-state index is 12.4. The second kappa shape index (κ2) is 8.17. The SMILES string of the molecule is Cc1cc(NC(=O)c2ccccc2)cc(C)c1Oc1ccc(O)c(C(C)C)c1. The van der Waals surface area contributed by atoms with Crippen LogP contribution in [0.2, 0.25) is 0 Å². The van der Waals surface area contributed by atoms with Gasteiger partial charge in [-0.25, -0.2) is 0 Å². The van der Waals surface area contributed by atoms with Crippen molar-refractivity contribution in [3.63, 3.8) is 0 Å². The van der Waals surface area contributed by atoms with E-state index in [9.17, 15) is 9.90 Å². The molecule has 3 aromatic rings. The van der Waals surface area contributed by atoms with Gasteiger partial charge in [0.15, 0.2) is 0 Å². The highest BCUT2D eigenvalue weighted by molar-refractivity contribution is 6.04. The smallest absolute Gasteiger partial charge is 0.255 e. The molecule has 3 rings (SSSR count). The molecule has 2 N–H and O–H groups in total. The molecular formula is C24H25NO3. The maximum Gasteiger partial charge on any atom is 0.255 e. The molecule has 0 spiro atoms. The maximum atomic E-state index is 12.4. The Labute approximate surface area is 165 Å². The lowest BCUT2D eigenvalue weighted by molar-refractivity contribution is 0.102. The number of phenols is 1. The first-order valence-corrected chi connectivity index (χ1v) is 9.33. The predicted octanol–water partition coefficient (Wildman–Crippen LogP) is 6.18. The third-order valence-corrected chi connectivity index (χ3v) is 4.60. The number of benzene rings is 3. The van der Waals surface area contributed by atoms with Crippen LogP contribution in [0.4, 0.5) is 5.69 Å². The van der Waals surface area contributed by atoms with E-state index in [2.05, 4.69) is 5.32 Å². The van der Waals surface area contributed by atoms with E-state index in [-0.39, 0.29) is 17.6 Å². The molecule has 1 amide bonds. The Balaban J connectivity index is 1.83. The fourth-order valence-electron chi connectivity index (χ4n) is 3.15. The first-order valence-electron chi connectivity index (χ1n) is 9.33. The Hall–Kier alpha value is -3.27. The molecule has 0 saturated carbocycles. The molecule has 0 unspecified atom stereocenters. The Kier molecular flexibility index (Phi) is 5.69. The number of amides is 1. The molecule has 0 radical (unpaired) electrons. The number of carbonyl (C=O) groups excluding carboxylic acids is 1.